The first kappa shape index (κ1) is 20.1. The quantitative estimate of drug-likeness (QED) is 0.814. The van der Waals surface area contributed by atoms with Gasteiger partial charge in [-0.1, -0.05) is 29.8 Å². The maximum absolute atomic E-state index is 9.58. The van der Waals surface area contributed by atoms with E-state index in [2.05, 4.69) is 71.5 Å². The summed E-state index contributed by atoms with van der Waals surface area (Å²) in [6, 6.07) is 9.21. The largest absolute Gasteiger partial charge is 0.396 e. The van der Waals surface area contributed by atoms with Gasteiger partial charge in [0.2, 0.25) is 0 Å². The highest BCUT2D eigenvalue weighted by atomic mass is 16.3. The number of benzene rings is 1. The van der Waals surface area contributed by atoms with Crippen LogP contribution in [0.25, 0.3) is 0 Å². The van der Waals surface area contributed by atoms with Gasteiger partial charge in [0.15, 0.2) is 0 Å². The Morgan fingerprint density at radius 3 is 2.44 bits per heavy atom. The Morgan fingerprint density at radius 2 is 1.81 bits per heavy atom. The SMILES string of the molecule is CCn1nc(C)c(CN2CCN(Cc3ccc(C)cc3)[C@H](CCO)C2)c1C. The Balaban J connectivity index is 1.66. The molecule has 0 aliphatic carbocycles. The first-order chi connectivity index (χ1) is 13.0. The van der Waals surface area contributed by atoms with Crippen LogP contribution in [0.4, 0.5) is 0 Å². The molecule has 1 atom stereocenters. The molecule has 0 radical (unpaired) electrons. The molecule has 0 unspecified atom stereocenters. The van der Waals surface area contributed by atoms with Gasteiger partial charge in [-0.15, -0.1) is 0 Å². The summed E-state index contributed by atoms with van der Waals surface area (Å²) >= 11 is 0. The van der Waals surface area contributed by atoms with Crippen LogP contribution in [0, 0.1) is 20.8 Å². The summed E-state index contributed by atoms with van der Waals surface area (Å²) in [5, 5.41) is 14.2. The fourth-order valence-electron chi connectivity index (χ4n) is 4.15. The lowest BCUT2D eigenvalue weighted by Crippen LogP contribution is -2.52. The van der Waals surface area contributed by atoms with Gasteiger partial charge < -0.3 is 5.11 Å². The van der Waals surface area contributed by atoms with E-state index in [0.29, 0.717) is 6.04 Å². The Labute approximate surface area is 163 Å². The third kappa shape index (κ3) is 4.78. The lowest BCUT2D eigenvalue weighted by molar-refractivity contribution is 0.0498. The Kier molecular flexibility index (Phi) is 6.68. The van der Waals surface area contributed by atoms with E-state index >= 15 is 0 Å². The van der Waals surface area contributed by atoms with E-state index in [-0.39, 0.29) is 6.61 Å². The second kappa shape index (κ2) is 9.00. The molecule has 2 aromatic rings. The molecule has 5 heteroatoms. The zero-order valence-electron chi connectivity index (χ0n) is 17.3. The summed E-state index contributed by atoms with van der Waals surface area (Å²) in [7, 11) is 0. The predicted octanol–water partition coefficient (Wildman–Crippen LogP) is 2.90. The van der Waals surface area contributed by atoms with E-state index in [0.717, 1.165) is 51.4 Å². The van der Waals surface area contributed by atoms with Gasteiger partial charge in [-0.05, 0) is 39.7 Å². The number of aliphatic hydroxyl groups is 1. The van der Waals surface area contributed by atoms with Crippen LogP contribution in [0.1, 0.15) is 41.4 Å². The van der Waals surface area contributed by atoms with E-state index in [1.165, 1.54) is 22.4 Å². The Hall–Kier alpha value is -1.69. The standard InChI is InChI=1S/C22H34N4O/c1-5-26-19(4)22(18(3)23-26)16-24-11-12-25(21(15-24)10-13-27)14-20-8-6-17(2)7-9-20/h6-9,21,27H,5,10-16H2,1-4H3/t21-/m1/s1. The average molecular weight is 371 g/mol. The molecule has 148 valence electrons. The van der Waals surface area contributed by atoms with E-state index in [4.69, 9.17) is 0 Å². The predicted molar refractivity (Wildman–Crippen MR) is 110 cm³/mol. The number of nitrogens with zero attached hydrogens (tertiary/aromatic N) is 4. The van der Waals surface area contributed by atoms with E-state index in [1.54, 1.807) is 0 Å². The van der Waals surface area contributed by atoms with Crippen molar-refractivity contribution >= 4 is 0 Å². The number of hydrogen-bond donors (Lipinski definition) is 1. The first-order valence-electron chi connectivity index (χ1n) is 10.2. The highest BCUT2D eigenvalue weighted by Crippen LogP contribution is 2.21. The van der Waals surface area contributed by atoms with Crippen LogP contribution in [-0.4, -0.2) is 57.0 Å². The molecule has 27 heavy (non-hydrogen) atoms. The number of hydrogen-bond acceptors (Lipinski definition) is 4. The first-order valence-corrected chi connectivity index (χ1v) is 10.2. The van der Waals surface area contributed by atoms with E-state index in [1.807, 2.05) is 0 Å². The van der Waals surface area contributed by atoms with Crippen molar-refractivity contribution in [1.82, 2.24) is 19.6 Å². The molecule has 0 saturated carbocycles. The lowest BCUT2D eigenvalue weighted by Gasteiger charge is -2.41. The lowest BCUT2D eigenvalue weighted by atomic mass is 10.0. The average Bonchev–Trinajstić information content (AvgIpc) is 2.93. The molecule has 1 aliphatic heterocycles. The number of piperazine rings is 1. The highest BCUT2D eigenvalue weighted by molar-refractivity contribution is 5.25. The van der Waals surface area contributed by atoms with Gasteiger partial charge in [0, 0.05) is 63.2 Å². The van der Waals surface area contributed by atoms with Crippen molar-refractivity contribution in [3.63, 3.8) is 0 Å². The molecule has 1 aromatic carbocycles. The van der Waals surface area contributed by atoms with Crippen molar-refractivity contribution in [3.05, 3.63) is 52.3 Å². The third-order valence-corrected chi connectivity index (χ3v) is 5.87. The smallest absolute Gasteiger partial charge is 0.0641 e. The second-order valence-electron chi connectivity index (χ2n) is 7.82. The van der Waals surface area contributed by atoms with Gasteiger partial charge in [-0.3, -0.25) is 14.5 Å². The van der Waals surface area contributed by atoms with Crippen molar-refractivity contribution in [3.8, 4) is 0 Å². The van der Waals surface area contributed by atoms with Gasteiger partial charge in [-0.25, -0.2) is 0 Å². The van der Waals surface area contributed by atoms with Gasteiger partial charge in [-0.2, -0.15) is 5.10 Å². The van der Waals surface area contributed by atoms with Gasteiger partial charge in [0.25, 0.3) is 0 Å². The van der Waals surface area contributed by atoms with Crippen LogP contribution in [0.5, 0.6) is 0 Å². The monoisotopic (exact) mass is 370 g/mol. The molecule has 0 bridgehead atoms. The van der Waals surface area contributed by atoms with Gasteiger partial charge in [0.05, 0.1) is 5.69 Å². The molecular formula is C22H34N4O. The molecule has 1 saturated heterocycles. The summed E-state index contributed by atoms with van der Waals surface area (Å²) in [5.41, 5.74) is 6.46. The number of rotatable bonds is 7. The Bertz CT molecular complexity index is 738. The van der Waals surface area contributed by atoms with Crippen LogP contribution in [0.3, 0.4) is 0 Å². The second-order valence-corrected chi connectivity index (χ2v) is 7.82. The van der Waals surface area contributed by atoms with Crippen LogP contribution < -0.4 is 0 Å². The topological polar surface area (TPSA) is 44.5 Å². The molecule has 2 heterocycles. The summed E-state index contributed by atoms with van der Waals surface area (Å²) in [4.78, 5) is 5.07. The molecule has 5 nitrogen and oxygen atoms in total. The summed E-state index contributed by atoms with van der Waals surface area (Å²) < 4.78 is 2.10. The number of aryl methyl sites for hydroxylation is 3. The summed E-state index contributed by atoms with van der Waals surface area (Å²) in [6.45, 7) is 14.8. The molecule has 1 aromatic heterocycles. The zero-order valence-corrected chi connectivity index (χ0v) is 17.3. The third-order valence-electron chi connectivity index (χ3n) is 5.87. The highest BCUT2D eigenvalue weighted by Gasteiger charge is 2.27. The maximum atomic E-state index is 9.58. The van der Waals surface area contributed by atoms with Crippen molar-refractivity contribution < 1.29 is 5.11 Å². The summed E-state index contributed by atoms with van der Waals surface area (Å²) in [6.07, 6.45) is 0.828. The van der Waals surface area contributed by atoms with Crippen LogP contribution in [0.15, 0.2) is 24.3 Å². The van der Waals surface area contributed by atoms with Crippen LogP contribution in [-0.2, 0) is 19.6 Å². The summed E-state index contributed by atoms with van der Waals surface area (Å²) in [5.74, 6) is 0. The maximum Gasteiger partial charge on any atom is 0.0641 e. The van der Waals surface area contributed by atoms with Crippen LogP contribution in [0.2, 0.25) is 0 Å². The Morgan fingerprint density at radius 1 is 1.07 bits per heavy atom. The van der Waals surface area contributed by atoms with Gasteiger partial charge >= 0.3 is 0 Å². The van der Waals surface area contributed by atoms with Crippen molar-refractivity contribution in [2.24, 2.45) is 0 Å². The molecule has 0 amide bonds. The molecule has 1 fully saturated rings. The van der Waals surface area contributed by atoms with E-state index < -0.39 is 0 Å². The minimum Gasteiger partial charge on any atom is -0.396 e. The normalized spacial score (nSPS) is 18.9. The minimum absolute atomic E-state index is 0.245. The van der Waals surface area contributed by atoms with E-state index in [9.17, 15) is 5.11 Å². The van der Waals surface area contributed by atoms with Crippen LogP contribution >= 0.6 is 0 Å². The zero-order chi connectivity index (χ0) is 19.4. The molecular weight excluding hydrogens is 336 g/mol. The molecule has 1 N–H and O–H groups in total. The van der Waals surface area contributed by atoms with Gasteiger partial charge in [0.1, 0.15) is 0 Å². The molecule has 1 aliphatic rings. The fraction of sp³-hybridized carbons (Fsp3) is 0.591. The van der Waals surface area contributed by atoms with Crippen molar-refractivity contribution in [1.29, 1.82) is 0 Å². The molecule has 3 rings (SSSR count). The number of aromatic nitrogens is 2. The fourth-order valence-corrected chi connectivity index (χ4v) is 4.15. The van der Waals surface area contributed by atoms with Crippen molar-refractivity contribution in [2.45, 2.75) is 59.8 Å². The van der Waals surface area contributed by atoms with Crippen molar-refractivity contribution in [2.75, 3.05) is 26.2 Å². The number of aliphatic hydroxyl groups excluding tert-OH is 1. The molecule has 0 spiro atoms. The minimum atomic E-state index is 0.245.